The summed E-state index contributed by atoms with van der Waals surface area (Å²) in [6, 6.07) is 0. The van der Waals surface area contributed by atoms with E-state index in [0.29, 0.717) is 12.0 Å². The standard InChI is InChI=1S/C19H20N2O3S2/c1-21-17(22)15-13-4-3-5-14(13)26-16(15)20-19(21)25-10-11-6-8-12(9-7-11)18(23)24-2/h6,8H,3-5,7,9-10H2,1-2H3. The van der Waals surface area contributed by atoms with Crippen LogP contribution < -0.4 is 5.56 Å². The third-order valence-electron chi connectivity index (χ3n) is 4.98. The number of aryl methyl sites for hydroxylation is 2. The second-order valence-corrected chi connectivity index (χ2v) is 8.62. The van der Waals surface area contributed by atoms with E-state index in [0.717, 1.165) is 46.8 Å². The molecule has 0 bridgehead atoms. The Hall–Kier alpha value is -1.86. The van der Waals surface area contributed by atoms with Crippen LogP contribution in [0.4, 0.5) is 0 Å². The molecule has 0 N–H and O–H groups in total. The first kappa shape index (κ1) is 17.5. The van der Waals surface area contributed by atoms with Crippen molar-refractivity contribution in [3.05, 3.63) is 44.1 Å². The average molecular weight is 389 g/mol. The Kier molecular flexibility index (Phi) is 4.75. The second kappa shape index (κ2) is 7.04. The highest BCUT2D eigenvalue weighted by molar-refractivity contribution is 7.99. The third kappa shape index (κ3) is 3.03. The van der Waals surface area contributed by atoms with Crippen molar-refractivity contribution in [3.63, 3.8) is 0 Å². The highest BCUT2D eigenvalue weighted by Gasteiger charge is 2.22. The van der Waals surface area contributed by atoms with Gasteiger partial charge in [-0.15, -0.1) is 11.3 Å². The van der Waals surface area contributed by atoms with Gasteiger partial charge in [0.1, 0.15) is 4.83 Å². The lowest BCUT2D eigenvalue weighted by molar-refractivity contribution is -0.136. The normalized spacial score (nSPS) is 16.4. The molecule has 2 heterocycles. The fourth-order valence-electron chi connectivity index (χ4n) is 3.49. The zero-order chi connectivity index (χ0) is 18.3. The number of nitrogens with zero attached hydrogens (tertiary/aromatic N) is 2. The Balaban J connectivity index is 1.56. The lowest BCUT2D eigenvalue weighted by Crippen LogP contribution is -2.20. The van der Waals surface area contributed by atoms with Gasteiger partial charge >= 0.3 is 5.97 Å². The molecular formula is C19H20N2O3S2. The molecule has 0 amide bonds. The van der Waals surface area contributed by atoms with E-state index in [4.69, 9.17) is 9.72 Å². The van der Waals surface area contributed by atoms with Crippen molar-refractivity contribution in [2.24, 2.45) is 7.05 Å². The summed E-state index contributed by atoms with van der Waals surface area (Å²) in [7, 11) is 3.21. The molecule has 0 radical (unpaired) electrons. The van der Waals surface area contributed by atoms with E-state index in [2.05, 4.69) is 0 Å². The summed E-state index contributed by atoms with van der Waals surface area (Å²) in [5.74, 6) is 0.509. The van der Waals surface area contributed by atoms with E-state index in [1.165, 1.54) is 23.1 Å². The molecule has 2 aromatic rings. The van der Waals surface area contributed by atoms with Crippen molar-refractivity contribution >= 4 is 39.3 Å². The number of thiophene rings is 1. The van der Waals surface area contributed by atoms with Crippen molar-refractivity contribution < 1.29 is 9.53 Å². The molecule has 26 heavy (non-hydrogen) atoms. The molecule has 7 heteroatoms. The fraction of sp³-hybridized carbons (Fsp3) is 0.421. The van der Waals surface area contributed by atoms with Gasteiger partial charge in [-0.2, -0.15) is 0 Å². The topological polar surface area (TPSA) is 61.2 Å². The Morgan fingerprint density at radius 1 is 1.31 bits per heavy atom. The van der Waals surface area contributed by atoms with Crippen LogP contribution in [0.3, 0.4) is 0 Å². The number of aromatic nitrogens is 2. The summed E-state index contributed by atoms with van der Waals surface area (Å²) < 4.78 is 6.44. The fourth-order valence-corrected chi connectivity index (χ4v) is 5.79. The second-order valence-electron chi connectivity index (χ2n) is 6.59. The van der Waals surface area contributed by atoms with E-state index in [9.17, 15) is 9.59 Å². The van der Waals surface area contributed by atoms with Gasteiger partial charge in [-0.05, 0) is 37.7 Å². The lowest BCUT2D eigenvalue weighted by atomic mass is 10.00. The van der Waals surface area contributed by atoms with Gasteiger partial charge in [0.25, 0.3) is 5.56 Å². The summed E-state index contributed by atoms with van der Waals surface area (Å²) in [5.41, 5.74) is 3.25. The third-order valence-corrected chi connectivity index (χ3v) is 7.30. The lowest BCUT2D eigenvalue weighted by Gasteiger charge is -2.13. The van der Waals surface area contributed by atoms with Crippen LogP contribution in [0.15, 0.2) is 33.2 Å². The van der Waals surface area contributed by atoms with Crippen LogP contribution in [0.25, 0.3) is 10.2 Å². The van der Waals surface area contributed by atoms with Gasteiger partial charge in [0.05, 0.1) is 12.5 Å². The van der Waals surface area contributed by atoms with Crippen LogP contribution in [-0.4, -0.2) is 28.4 Å². The molecule has 4 rings (SSSR count). The number of hydrogen-bond donors (Lipinski definition) is 0. The Bertz CT molecular complexity index is 1010. The molecule has 136 valence electrons. The highest BCUT2D eigenvalue weighted by atomic mass is 32.2. The Morgan fingerprint density at radius 2 is 2.15 bits per heavy atom. The number of thioether (sulfide) groups is 1. The van der Waals surface area contributed by atoms with E-state index >= 15 is 0 Å². The Morgan fingerprint density at radius 3 is 2.88 bits per heavy atom. The zero-order valence-corrected chi connectivity index (χ0v) is 16.5. The van der Waals surface area contributed by atoms with Gasteiger partial charge in [0.2, 0.25) is 0 Å². The SMILES string of the molecule is COC(=O)C1=CC=C(CSc2nc3sc4c(c3c(=O)n2C)CCC4)CC1. The van der Waals surface area contributed by atoms with Crippen molar-refractivity contribution in [3.8, 4) is 0 Å². The summed E-state index contributed by atoms with van der Waals surface area (Å²) in [4.78, 5) is 31.3. The van der Waals surface area contributed by atoms with Crippen LogP contribution in [-0.2, 0) is 29.4 Å². The average Bonchev–Trinajstić information content (AvgIpc) is 3.24. The molecule has 0 atom stereocenters. The maximum atomic E-state index is 12.8. The molecular weight excluding hydrogens is 368 g/mol. The van der Waals surface area contributed by atoms with E-state index in [1.54, 1.807) is 34.7 Å². The molecule has 0 aliphatic heterocycles. The minimum absolute atomic E-state index is 0.0717. The minimum atomic E-state index is -0.256. The quantitative estimate of drug-likeness (QED) is 0.456. The number of rotatable bonds is 4. The summed E-state index contributed by atoms with van der Waals surface area (Å²) in [6.07, 6.45) is 8.57. The number of hydrogen-bond acceptors (Lipinski definition) is 6. The van der Waals surface area contributed by atoms with Gasteiger partial charge in [-0.25, -0.2) is 9.78 Å². The Labute approximate surface area is 159 Å². The van der Waals surface area contributed by atoms with Crippen molar-refractivity contribution in [2.45, 2.75) is 37.3 Å². The summed E-state index contributed by atoms with van der Waals surface area (Å²) in [6.45, 7) is 0. The highest BCUT2D eigenvalue weighted by Crippen LogP contribution is 2.35. The monoisotopic (exact) mass is 388 g/mol. The van der Waals surface area contributed by atoms with Crippen LogP contribution >= 0.6 is 23.1 Å². The number of ether oxygens (including phenoxy) is 1. The molecule has 0 saturated heterocycles. The van der Waals surface area contributed by atoms with Crippen molar-refractivity contribution in [1.82, 2.24) is 9.55 Å². The van der Waals surface area contributed by atoms with Crippen LogP contribution in [0, 0.1) is 0 Å². The van der Waals surface area contributed by atoms with E-state index in [-0.39, 0.29) is 11.5 Å². The largest absolute Gasteiger partial charge is 0.466 e. The maximum Gasteiger partial charge on any atom is 0.333 e. The molecule has 2 aromatic heterocycles. The molecule has 5 nitrogen and oxygen atoms in total. The maximum absolute atomic E-state index is 12.8. The zero-order valence-electron chi connectivity index (χ0n) is 14.8. The first-order chi connectivity index (χ1) is 12.6. The van der Waals surface area contributed by atoms with Crippen LogP contribution in [0.5, 0.6) is 0 Å². The van der Waals surface area contributed by atoms with Gasteiger partial charge in [0.15, 0.2) is 5.16 Å². The molecule has 0 unspecified atom stereocenters. The number of esters is 1. The van der Waals surface area contributed by atoms with Gasteiger partial charge in [-0.1, -0.05) is 29.5 Å². The molecule has 2 aliphatic carbocycles. The summed E-state index contributed by atoms with van der Waals surface area (Å²) in [5, 5.41) is 1.59. The molecule has 0 saturated carbocycles. The van der Waals surface area contributed by atoms with Gasteiger partial charge in [0, 0.05) is 23.3 Å². The minimum Gasteiger partial charge on any atom is -0.466 e. The predicted molar refractivity (Wildman–Crippen MR) is 105 cm³/mol. The number of allylic oxidation sites excluding steroid dienone is 2. The molecule has 2 aliphatic rings. The molecule has 0 spiro atoms. The van der Waals surface area contributed by atoms with Crippen molar-refractivity contribution in [1.29, 1.82) is 0 Å². The van der Waals surface area contributed by atoms with Gasteiger partial charge in [-0.3, -0.25) is 9.36 Å². The first-order valence-corrected chi connectivity index (χ1v) is 10.5. The smallest absolute Gasteiger partial charge is 0.333 e. The number of carbonyl (C=O) groups excluding carboxylic acids is 1. The molecule has 0 fully saturated rings. The van der Waals surface area contributed by atoms with Crippen molar-refractivity contribution in [2.75, 3.05) is 12.9 Å². The van der Waals surface area contributed by atoms with E-state index < -0.39 is 0 Å². The number of carbonyl (C=O) groups is 1. The first-order valence-electron chi connectivity index (χ1n) is 8.69. The summed E-state index contributed by atoms with van der Waals surface area (Å²) >= 11 is 3.26. The number of methoxy groups -OCH3 is 1. The van der Waals surface area contributed by atoms with Gasteiger partial charge < -0.3 is 4.74 Å². The number of fused-ring (bicyclic) bond motifs is 3. The van der Waals surface area contributed by atoms with Crippen LogP contribution in [0.1, 0.15) is 29.7 Å². The predicted octanol–water partition coefficient (Wildman–Crippen LogP) is 3.40. The molecule has 0 aromatic carbocycles. The van der Waals surface area contributed by atoms with E-state index in [1.807, 2.05) is 12.2 Å². The van der Waals surface area contributed by atoms with Crippen LogP contribution in [0.2, 0.25) is 0 Å².